The van der Waals surface area contributed by atoms with Gasteiger partial charge in [0.05, 0.1) is 16.8 Å². The van der Waals surface area contributed by atoms with Gasteiger partial charge in [0.1, 0.15) is 11.4 Å². The van der Waals surface area contributed by atoms with Crippen molar-refractivity contribution in [3.63, 3.8) is 0 Å². The second kappa shape index (κ2) is 11.8. The summed E-state index contributed by atoms with van der Waals surface area (Å²) in [6.45, 7) is 1.29. The molecule has 0 saturated heterocycles. The highest BCUT2D eigenvalue weighted by atomic mass is 19.4. The highest BCUT2D eigenvalue weighted by Crippen LogP contribution is 2.35. The van der Waals surface area contributed by atoms with E-state index in [2.05, 4.69) is 21.8 Å². The maximum atomic E-state index is 13.9. The number of nitrogens with zero attached hydrogens (tertiary/aromatic N) is 3. The molecule has 3 aromatic rings. The number of aromatic nitrogens is 2. The number of halogens is 8. The molecule has 41 heavy (non-hydrogen) atoms. The molecule has 1 aromatic heterocycles. The number of nitrogens with one attached hydrogen (secondary N) is 1. The van der Waals surface area contributed by atoms with Crippen LogP contribution in [-0.2, 0) is 13.2 Å². The van der Waals surface area contributed by atoms with Gasteiger partial charge in [-0.25, -0.2) is 4.99 Å². The van der Waals surface area contributed by atoms with Crippen LogP contribution in [0.15, 0.2) is 76.0 Å². The topological polar surface area (TPSA) is 77.6 Å². The lowest BCUT2D eigenvalue weighted by Crippen LogP contribution is -2.26. The Morgan fingerprint density at radius 2 is 1.61 bits per heavy atom. The molecule has 0 aliphatic heterocycles. The summed E-state index contributed by atoms with van der Waals surface area (Å²) in [5, 5.41) is 2.26. The number of carbonyl (C=O) groups is 1. The predicted molar refractivity (Wildman–Crippen MR) is 135 cm³/mol. The SMILES string of the molecule is C=N/C(=C(\C=C/C)C(F)(F)F)n1c(=O)c(NC(=O)c2ccc(OC(F)F)cc2)c(-c2ccc(C(F)(F)F)cc2)n1C. The number of rotatable bonds is 8. The van der Waals surface area contributed by atoms with Gasteiger partial charge < -0.3 is 10.1 Å². The largest absolute Gasteiger partial charge is 0.435 e. The second-order valence-corrected chi connectivity index (χ2v) is 8.19. The lowest BCUT2D eigenvalue weighted by molar-refractivity contribution is -0.137. The van der Waals surface area contributed by atoms with Crippen molar-refractivity contribution in [3.05, 3.63) is 87.7 Å². The number of aliphatic imine (C=N–C) groups is 1. The molecule has 0 bridgehead atoms. The molecule has 0 saturated carbocycles. The standard InChI is InChI=1S/C26H20F8N4O3/c1-4-5-18(26(32,33)34)21(35-2)38-23(40)19(36-22(39)15-8-12-17(13-9-15)41-24(27)28)20(37(38)3)14-6-10-16(11-7-14)25(29,30)31/h4-13,24H,2H2,1,3H3,(H,36,39)/b5-4-,21-18-. The Balaban J connectivity index is 2.26. The molecule has 1 amide bonds. The van der Waals surface area contributed by atoms with Gasteiger partial charge in [-0.3, -0.25) is 14.3 Å². The van der Waals surface area contributed by atoms with Gasteiger partial charge in [-0.15, -0.1) is 0 Å². The molecule has 0 radical (unpaired) electrons. The van der Waals surface area contributed by atoms with E-state index in [1.165, 1.54) is 6.92 Å². The van der Waals surface area contributed by atoms with E-state index >= 15 is 0 Å². The summed E-state index contributed by atoms with van der Waals surface area (Å²) in [5.41, 5.74) is -4.74. The third-order valence-electron chi connectivity index (χ3n) is 5.56. The van der Waals surface area contributed by atoms with Crippen LogP contribution in [0.2, 0.25) is 0 Å². The first-order chi connectivity index (χ1) is 19.1. The Labute approximate surface area is 226 Å². The monoisotopic (exact) mass is 588 g/mol. The second-order valence-electron chi connectivity index (χ2n) is 8.19. The van der Waals surface area contributed by atoms with Crippen molar-refractivity contribution in [2.24, 2.45) is 12.0 Å². The molecular weight excluding hydrogens is 568 g/mol. The number of hydrogen-bond acceptors (Lipinski definition) is 4. The normalized spacial score (nSPS) is 13.0. The number of amides is 1. The van der Waals surface area contributed by atoms with Crippen molar-refractivity contribution in [3.8, 4) is 17.0 Å². The van der Waals surface area contributed by atoms with Gasteiger partial charge in [-0.1, -0.05) is 24.3 Å². The molecule has 15 heteroatoms. The van der Waals surface area contributed by atoms with E-state index < -0.39 is 53.1 Å². The quantitative estimate of drug-likeness (QED) is 0.180. The zero-order valence-corrected chi connectivity index (χ0v) is 21.1. The molecule has 3 rings (SSSR count). The molecule has 1 heterocycles. The smallest absolute Gasteiger partial charge is 0.420 e. The number of allylic oxidation sites excluding steroid dienone is 3. The molecule has 0 aliphatic carbocycles. The van der Waals surface area contributed by atoms with Crippen LogP contribution in [0.1, 0.15) is 22.8 Å². The van der Waals surface area contributed by atoms with Crippen LogP contribution in [0, 0.1) is 0 Å². The van der Waals surface area contributed by atoms with Crippen LogP contribution >= 0.6 is 0 Å². The maximum absolute atomic E-state index is 13.9. The van der Waals surface area contributed by atoms with Crippen LogP contribution in [0.4, 0.5) is 40.8 Å². The number of ether oxygens (including phenoxy) is 1. The van der Waals surface area contributed by atoms with Crippen molar-refractivity contribution in [2.75, 3.05) is 5.32 Å². The molecular formula is C26H20F8N4O3. The van der Waals surface area contributed by atoms with Crippen molar-refractivity contribution >= 4 is 24.1 Å². The zero-order valence-electron chi connectivity index (χ0n) is 21.1. The highest BCUT2D eigenvalue weighted by molar-refractivity contribution is 6.06. The molecule has 218 valence electrons. The van der Waals surface area contributed by atoms with Crippen LogP contribution in [-0.4, -0.2) is 34.8 Å². The van der Waals surface area contributed by atoms with Crippen LogP contribution < -0.4 is 15.6 Å². The Hall–Kier alpha value is -4.69. The summed E-state index contributed by atoms with van der Waals surface area (Å²) < 4.78 is 111. The van der Waals surface area contributed by atoms with E-state index in [4.69, 9.17) is 0 Å². The zero-order chi connectivity index (χ0) is 30.7. The fourth-order valence-corrected chi connectivity index (χ4v) is 3.81. The summed E-state index contributed by atoms with van der Waals surface area (Å²) in [5.74, 6) is -2.23. The van der Waals surface area contributed by atoms with E-state index in [1.807, 2.05) is 0 Å². The van der Waals surface area contributed by atoms with E-state index in [0.717, 1.165) is 54.2 Å². The molecule has 0 spiro atoms. The van der Waals surface area contributed by atoms with Gasteiger partial charge in [0, 0.05) is 18.2 Å². The molecule has 0 fully saturated rings. The molecule has 1 N–H and O–H groups in total. The molecule has 2 aromatic carbocycles. The summed E-state index contributed by atoms with van der Waals surface area (Å²) in [6, 6.07) is 7.55. The first-order valence-corrected chi connectivity index (χ1v) is 11.4. The van der Waals surface area contributed by atoms with Gasteiger partial charge in [-0.05, 0) is 50.0 Å². The first kappa shape index (κ1) is 30.8. The third kappa shape index (κ3) is 6.73. The Morgan fingerprint density at radius 3 is 2.07 bits per heavy atom. The van der Waals surface area contributed by atoms with Crippen molar-refractivity contribution in [1.29, 1.82) is 0 Å². The molecule has 0 aliphatic rings. The summed E-state index contributed by atoms with van der Waals surface area (Å²) in [7, 11) is 1.13. The van der Waals surface area contributed by atoms with E-state index in [-0.39, 0.29) is 22.6 Å². The minimum atomic E-state index is -5.01. The number of hydrogen-bond donors (Lipinski definition) is 1. The van der Waals surface area contributed by atoms with Crippen molar-refractivity contribution in [1.82, 2.24) is 9.36 Å². The van der Waals surface area contributed by atoms with Gasteiger partial charge >= 0.3 is 19.0 Å². The van der Waals surface area contributed by atoms with E-state index in [1.54, 1.807) is 0 Å². The fourth-order valence-electron chi connectivity index (χ4n) is 3.81. The van der Waals surface area contributed by atoms with Crippen LogP contribution in [0.3, 0.4) is 0 Å². The number of carbonyl (C=O) groups excluding carboxylic acids is 1. The van der Waals surface area contributed by atoms with Crippen LogP contribution in [0.5, 0.6) is 5.75 Å². The minimum Gasteiger partial charge on any atom is -0.435 e. The predicted octanol–water partition coefficient (Wildman–Crippen LogP) is 6.73. The van der Waals surface area contributed by atoms with Gasteiger partial charge in [0.15, 0.2) is 5.82 Å². The Morgan fingerprint density at radius 1 is 1.02 bits per heavy atom. The van der Waals surface area contributed by atoms with Crippen LogP contribution in [0.25, 0.3) is 17.1 Å². The number of benzene rings is 2. The summed E-state index contributed by atoms with van der Waals surface area (Å²) in [4.78, 5) is 29.9. The fraction of sp³-hybridized carbons (Fsp3) is 0.192. The number of anilines is 1. The van der Waals surface area contributed by atoms with E-state index in [0.29, 0.717) is 22.9 Å². The Kier molecular flexibility index (Phi) is 8.89. The first-order valence-electron chi connectivity index (χ1n) is 11.4. The van der Waals surface area contributed by atoms with Gasteiger partial charge in [0.25, 0.3) is 11.5 Å². The summed E-state index contributed by atoms with van der Waals surface area (Å²) in [6.07, 6.45) is -8.03. The van der Waals surface area contributed by atoms with E-state index in [9.17, 15) is 44.7 Å². The molecule has 7 nitrogen and oxygen atoms in total. The lowest BCUT2D eigenvalue weighted by Gasteiger charge is -2.15. The third-order valence-corrected chi connectivity index (χ3v) is 5.56. The highest BCUT2D eigenvalue weighted by Gasteiger charge is 2.37. The van der Waals surface area contributed by atoms with Gasteiger partial charge in [-0.2, -0.15) is 39.8 Å². The summed E-state index contributed by atoms with van der Waals surface area (Å²) >= 11 is 0. The molecule has 0 atom stereocenters. The maximum Gasteiger partial charge on any atom is 0.420 e. The van der Waals surface area contributed by atoms with Crippen molar-refractivity contribution in [2.45, 2.75) is 25.9 Å². The van der Waals surface area contributed by atoms with Crippen molar-refractivity contribution < 1.29 is 44.7 Å². The van der Waals surface area contributed by atoms with Gasteiger partial charge in [0.2, 0.25) is 0 Å². The Bertz CT molecular complexity index is 1550. The average Bonchev–Trinajstić information content (AvgIpc) is 3.12. The minimum absolute atomic E-state index is 0.0738. The lowest BCUT2D eigenvalue weighted by atomic mass is 10.1. The number of alkyl halides is 8. The molecule has 0 unspecified atom stereocenters. The average molecular weight is 588 g/mol.